The standard InChI is InChI=1S/C22H27BrN2O2S/c1-16-13-18(23)7-8-21(16)28-15-22(26)24-19-9-11-25(12-10-19)14-17-5-3-4-6-20(17)27-2/h3-8,13,19H,9-12,14-15H2,1-2H3,(H,24,26). The summed E-state index contributed by atoms with van der Waals surface area (Å²) in [5.74, 6) is 1.53. The number of benzene rings is 2. The first kappa shape index (κ1) is 21.2. The van der Waals surface area contributed by atoms with Gasteiger partial charge in [-0.1, -0.05) is 34.1 Å². The van der Waals surface area contributed by atoms with E-state index in [4.69, 9.17) is 4.74 Å². The summed E-state index contributed by atoms with van der Waals surface area (Å²) in [6.45, 7) is 4.94. The maximum absolute atomic E-state index is 12.3. The summed E-state index contributed by atoms with van der Waals surface area (Å²) in [7, 11) is 1.72. The Morgan fingerprint density at radius 3 is 2.71 bits per heavy atom. The zero-order valence-corrected chi connectivity index (χ0v) is 18.8. The van der Waals surface area contributed by atoms with Crippen molar-refractivity contribution in [3.63, 3.8) is 0 Å². The first-order valence-electron chi connectivity index (χ1n) is 9.57. The van der Waals surface area contributed by atoms with Crippen molar-refractivity contribution in [1.82, 2.24) is 10.2 Å². The molecule has 1 aliphatic heterocycles. The van der Waals surface area contributed by atoms with Crippen molar-refractivity contribution < 1.29 is 9.53 Å². The molecule has 0 radical (unpaired) electrons. The van der Waals surface area contributed by atoms with Crippen LogP contribution in [0.25, 0.3) is 0 Å². The highest BCUT2D eigenvalue weighted by Crippen LogP contribution is 2.25. The van der Waals surface area contributed by atoms with Gasteiger partial charge in [0.15, 0.2) is 0 Å². The number of carbonyl (C=O) groups is 1. The van der Waals surface area contributed by atoms with E-state index >= 15 is 0 Å². The van der Waals surface area contributed by atoms with Gasteiger partial charge in [0.1, 0.15) is 5.75 Å². The molecular formula is C22H27BrN2O2S. The number of methoxy groups -OCH3 is 1. The van der Waals surface area contributed by atoms with E-state index in [-0.39, 0.29) is 11.9 Å². The molecule has 0 spiro atoms. The molecule has 150 valence electrons. The maximum atomic E-state index is 12.3. The van der Waals surface area contributed by atoms with Crippen LogP contribution in [0.5, 0.6) is 5.75 Å². The molecule has 1 N–H and O–H groups in total. The van der Waals surface area contributed by atoms with Gasteiger partial charge in [-0.15, -0.1) is 11.8 Å². The lowest BCUT2D eigenvalue weighted by Gasteiger charge is -2.32. The van der Waals surface area contributed by atoms with Crippen LogP contribution in [0.4, 0.5) is 0 Å². The van der Waals surface area contributed by atoms with E-state index in [0.29, 0.717) is 5.75 Å². The normalized spacial score (nSPS) is 15.4. The Kier molecular flexibility index (Phi) is 7.82. The molecule has 0 saturated carbocycles. The highest BCUT2D eigenvalue weighted by molar-refractivity contribution is 9.10. The number of hydrogen-bond donors (Lipinski definition) is 1. The van der Waals surface area contributed by atoms with Crippen LogP contribution in [0.2, 0.25) is 0 Å². The molecule has 0 unspecified atom stereocenters. The second-order valence-corrected chi connectivity index (χ2v) is 9.06. The molecule has 1 fully saturated rings. The van der Waals surface area contributed by atoms with E-state index < -0.39 is 0 Å². The molecule has 2 aromatic rings. The van der Waals surface area contributed by atoms with E-state index in [0.717, 1.165) is 47.6 Å². The SMILES string of the molecule is COc1ccccc1CN1CCC(NC(=O)CSc2ccc(Br)cc2C)CC1. The molecule has 0 aromatic heterocycles. The summed E-state index contributed by atoms with van der Waals surface area (Å²) in [5.41, 5.74) is 2.41. The summed E-state index contributed by atoms with van der Waals surface area (Å²) in [6.07, 6.45) is 1.98. The fraction of sp³-hybridized carbons (Fsp3) is 0.409. The van der Waals surface area contributed by atoms with Crippen molar-refractivity contribution >= 4 is 33.6 Å². The third kappa shape index (κ3) is 6.00. The van der Waals surface area contributed by atoms with Gasteiger partial charge >= 0.3 is 0 Å². The monoisotopic (exact) mass is 462 g/mol. The van der Waals surface area contributed by atoms with E-state index in [2.05, 4.69) is 57.3 Å². The summed E-state index contributed by atoms with van der Waals surface area (Å²) in [6, 6.07) is 14.6. The van der Waals surface area contributed by atoms with E-state index in [1.165, 1.54) is 11.1 Å². The summed E-state index contributed by atoms with van der Waals surface area (Å²) < 4.78 is 6.52. The number of para-hydroxylation sites is 1. The Bertz CT molecular complexity index is 807. The predicted octanol–water partition coefficient (Wildman–Crippen LogP) is 4.64. The molecule has 1 saturated heterocycles. The molecular weight excluding hydrogens is 436 g/mol. The number of amides is 1. The molecule has 28 heavy (non-hydrogen) atoms. The Balaban J connectivity index is 1.42. The third-order valence-corrected chi connectivity index (χ3v) is 6.70. The van der Waals surface area contributed by atoms with Gasteiger partial charge in [0.25, 0.3) is 0 Å². The number of ether oxygens (including phenoxy) is 1. The van der Waals surface area contributed by atoms with Crippen LogP contribution in [0.15, 0.2) is 51.8 Å². The number of hydrogen-bond acceptors (Lipinski definition) is 4. The first-order valence-corrected chi connectivity index (χ1v) is 11.4. The number of likely N-dealkylation sites (tertiary alicyclic amines) is 1. The molecule has 6 heteroatoms. The number of nitrogens with one attached hydrogen (secondary N) is 1. The van der Waals surface area contributed by atoms with E-state index in [9.17, 15) is 4.79 Å². The predicted molar refractivity (Wildman–Crippen MR) is 119 cm³/mol. The van der Waals surface area contributed by atoms with Crippen LogP contribution in [0.3, 0.4) is 0 Å². The first-order chi connectivity index (χ1) is 13.5. The summed E-state index contributed by atoms with van der Waals surface area (Å²) >= 11 is 5.08. The Morgan fingerprint density at radius 2 is 2.00 bits per heavy atom. The van der Waals surface area contributed by atoms with Gasteiger partial charge in [-0.05, 0) is 49.6 Å². The lowest BCUT2D eigenvalue weighted by Crippen LogP contribution is -2.44. The second kappa shape index (κ2) is 10.3. The van der Waals surface area contributed by atoms with Gasteiger partial charge in [-0.2, -0.15) is 0 Å². The molecule has 2 aromatic carbocycles. The van der Waals surface area contributed by atoms with Crippen molar-refractivity contribution in [2.45, 2.75) is 37.2 Å². The van der Waals surface area contributed by atoms with Gasteiger partial charge in [0.05, 0.1) is 12.9 Å². The maximum Gasteiger partial charge on any atom is 0.230 e. The average molecular weight is 463 g/mol. The van der Waals surface area contributed by atoms with E-state index in [1.54, 1.807) is 18.9 Å². The number of rotatable bonds is 7. The number of carbonyl (C=O) groups excluding carboxylic acids is 1. The van der Waals surface area contributed by atoms with Crippen LogP contribution < -0.4 is 10.1 Å². The zero-order chi connectivity index (χ0) is 19.9. The van der Waals surface area contributed by atoms with Gasteiger partial charge in [0, 0.05) is 40.6 Å². The minimum absolute atomic E-state index is 0.121. The molecule has 1 aliphatic rings. The minimum Gasteiger partial charge on any atom is -0.496 e. The fourth-order valence-corrected chi connectivity index (χ4v) is 4.79. The number of nitrogens with zero attached hydrogens (tertiary/aromatic N) is 1. The van der Waals surface area contributed by atoms with E-state index in [1.807, 2.05) is 18.2 Å². The van der Waals surface area contributed by atoms with Crippen molar-refractivity contribution in [1.29, 1.82) is 0 Å². The molecule has 4 nitrogen and oxygen atoms in total. The van der Waals surface area contributed by atoms with Crippen molar-refractivity contribution in [3.05, 3.63) is 58.1 Å². The quantitative estimate of drug-likeness (QED) is 0.608. The molecule has 1 amide bonds. The Hall–Kier alpha value is -1.50. The third-order valence-electron chi connectivity index (χ3n) is 5.03. The number of piperidine rings is 1. The van der Waals surface area contributed by atoms with Gasteiger partial charge in [0.2, 0.25) is 5.91 Å². The van der Waals surface area contributed by atoms with Crippen LogP contribution >= 0.6 is 27.7 Å². The van der Waals surface area contributed by atoms with Crippen molar-refractivity contribution in [3.8, 4) is 5.75 Å². The number of thioether (sulfide) groups is 1. The van der Waals surface area contributed by atoms with Gasteiger partial charge in [-0.3, -0.25) is 9.69 Å². The van der Waals surface area contributed by atoms with Crippen LogP contribution in [-0.2, 0) is 11.3 Å². The Labute approximate surface area is 180 Å². The molecule has 1 heterocycles. The largest absolute Gasteiger partial charge is 0.496 e. The molecule has 0 atom stereocenters. The molecule has 0 bridgehead atoms. The lowest BCUT2D eigenvalue weighted by molar-refractivity contribution is -0.119. The van der Waals surface area contributed by atoms with Crippen LogP contribution in [0, 0.1) is 6.92 Å². The minimum atomic E-state index is 0.121. The van der Waals surface area contributed by atoms with Crippen LogP contribution in [0.1, 0.15) is 24.0 Å². The topological polar surface area (TPSA) is 41.6 Å². The fourth-order valence-electron chi connectivity index (χ4n) is 3.50. The Morgan fingerprint density at radius 1 is 1.25 bits per heavy atom. The van der Waals surface area contributed by atoms with Crippen LogP contribution in [-0.4, -0.2) is 42.8 Å². The van der Waals surface area contributed by atoms with Gasteiger partial charge in [-0.25, -0.2) is 0 Å². The van der Waals surface area contributed by atoms with Gasteiger partial charge < -0.3 is 10.1 Å². The highest BCUT2D eigenvalue weighted by atomic mass is 79.9. The zero-order valence-electron chi connectivity index (χ0n) is 16.4. The second-order valence-electron chi connectivity index (χ2n) is 7.13. The smallest absolute Gasteiger partial charge is 0.230 e. The highest BCUT2D eigenvalue weighted by Gasteiger charge is 2.21. The average Bonchev–Trinajstić information content (AvgIpc) is 2.69. The summed E-state index contributed by atoms with van der Waals surface area (Å²) in [5, 5.41) is 3.21. The lowest BCUT2D eigenvalue weighted by atomic mass is 10.0. The molecule has 0 aliphatic carbocycles. The number of aryl methyl sites for hydroxylation is 1. The van der Waals surface area contributed by atoms with Crippen molar-refractivity contribution in [2.75, 3.05) is 26.0 Å². The molecule has 3 rings (SSSR count). The summed E-state index contributed by atoms with van der Waals surface area (Å²) in [4.78, 5) is 15.9. The number of halogens is 1. The van der Waals surface area contributed by atoms with Crippen molar-refractivity contribution in [2.24, 2.45) is 0 Å².